The Morgan fingerprint density at radius 3 is 1.33 bits per heavy atom. The van der Waals surface area contributed by atoms with E-state index in [0.29, 0.717) is 17.5 Å². The molecule has 46 heavy (non-hydrogen) atoms. The van der Waals surface area contributed by atoms with Crippen molar-refractivity contribution in [2.45, 2.75) is 0 Å². The van der Waals surface area contributed by atoms with Gasteiger partial charge in [0.05, 0.1) is 11.4 Å². The highest BCUT2D eigenvalue weighted by Gasteiger charge is 2.18. The van der Waals surface area contributed by atoms with Crippen LogP contribution in [-0.2, 0) is 0 Å². The van der Waals surface area contributed by atoms with E-state index in [1.807, 2.05) is 103 Å². The van der Waals surface area contributed by atoms with Crippen LogP contribution >= 0.6 is 0 Å². The predicted molar refractivity (Wildman–Crippen MR) is 186 cm³/mol. The number of benzene rings is 6. The van der Waals surface area contributed by atoms with E-state index in [9.17, 15) is 0 Å². The summed E-state index contributed by atoms with van der Waals surface area (Å²) in [6.45, 7) is 0. The van der Waals surface area contributed by atoms with Crippen LogP contribution in [0.15, 0.2) is 164 Å². The maximum Gasteiger partial charge on any atom is 0.164 e. The van der Waals surface area contributed by atoms with Gasteiger partial charge in [-0.1, -0.05) is 146 Å². The minimum atomic E-state index is 0.625. The van der Waals surface area contributed by atoms with Crippen LogP contribution in [0.2, 0.25) is 0 Å². The van der Waals surface area contributed by atoms with E-state index in [1.165, 1.54) is 0 Å². The fourth-order valence-electron chi connectivity index (χ4n) is 5.75. The van der Waals surface area contributed by atoms with E-state index < -0.39 is 0 Å². The highest BCUT2D eigenvalue weighted by molar-refractivity contribution is 6.03. The van der Waals surface area contributed by atoms with Gasteiger partial charge in [-0.05, 0) is 34.5 Å². The van der Waals surface area contributed by atoms with Gasteiger partial charge in [0.15, 0.2) is 17.5 Å². The molecule has 0 atom stereocenters. The molecule has 0 aliphatic rings. The largest absolute Gasteiger partial charge is 0.208 e. The Labute approximate surface area is 267 Å². The van der Waals surface area contributed by atoms with Gasteiger partial charge >= 0.3 is 0 Å². The third-order valence-electron chi connectivity index (χ3n) is 8.07. The van der Waals surface area contributed by atoms with Crippen molar-refractivity contribution < 1.29 is 0 Å². The van der Waals surface area contributed by atoms with Gasteiger partial charge in [-0.2, -0.15) is 0 Å². The zero-order valence-electron chi connectivity index (χ0n) is 24.8. The predicted octanol–water partition coefficient (Wildman–Crippen LogP) is 9.82. The molecule has 0 unspecified atom stereocenters. The summed E-state index contributed by atoms with van der Waals surface area (Å²) in [6.07, 6.45) is 0. The third kappa shape index (κ3) is 5.31. The molecular weight excluding hydrogens is 562 g/mol. The molecule has 0 bridgehead atoms. The number of hydrogen-bond donors (Lipinski definition) is 0. The summed E-state index contributed by atoms with van der Waals surface area (Å²) >= 11 is 0. The van der Waals surface area contributed by atoms with Crippen molar-refractivity contribution in [3.63, 3.8) is 0 Å². The van der Waals surface area contributed by atoms with Gasteiger partial charge in [0.1, 0.15) is 0 Å². The van der Waals surface area contributed by atoms with Gasteiger partial charge < -0.3 is 0 Å². The molecule has 0 saturated carbocycles. The maximum absolute atomic E-state index is 5.05. The second-order valence-corrected chi connectivity index (χ2v) is 11.0. The Morgan fingerprint density at radius 2 is 0.761 bits per heavy atom. The lowest BCUT2D eigenvalue weighted by atomic mass is 9.92. The maximum atomic E-state index is 5.05. The van der Waals surface area contributed by atoms with E-state index in [2.05, 4.69) is 70.9 Å². The van der Waals surface area contributed by atoms with Crippen molar-refractivity contribution in [3.8, 4) is 67.8 Å². The lowest BCUT2D eigenvalue weighted by Crippen LogP contribution is -2.01. The molecule has 6 aromatic carbocycles. The molecule has 0 aliphatic heterocycles. The highest BCUT2D eigenvalue weighted by Crippen LogP contribution is 2.38. The standard InChI is InChI=1S/C41H27N5/c1-4-13-29(14-5-1)36-26-27-37(46-45-36)30-20-22-31(23-21-30)38-34-19-11-10-12-28(34)24-25-35(38)41-43-39(32-15-6-2-7-16-32)42-40(44-41)33-17-8-3-9-18-33/h1-27H. The lowest BCUT2D eigenvalue weighted by Gasteiger charge is -2.15. The minimum absolute atomic E-state index is 0.625. The molecule has 0 N–H and O–H groups in total. The van der Waals surface area contributed by atoms with Crippen LogP contribution in [-0.4, -0.2) is 25.1 Å². The molecule has 2 heterocycles. The van der Waals surface area contributed by atoms with Crippen LogP contribution < -0.4 is 0 Å². The molecule has 0 amide bonds. The van der Waals surface area contributed by atoms with Gasteiger partial charge in [-0.3, -0.25) is 0 Å². The van der Waals surface area contributed by atoms with E-state index >= 15 is 0 Å². The van der Waals surface area contributed by atoms with Crippen LogP contribution in [0, 0.1) is 0 Å². The smallest absolute Gasteiger partial charge is 0.164 e. The molecule has 8 rings (SSSR count). The molecule has 216 valence electrons. The Morgan fingerprint density at radius 1 is 0.304 bits per heavy atom. The molecule has 5 heteroatoms. The van der Waals surface area contributed by atoms with Gasteiger partial charge in [0.2, 0.25) is 0 Å². The Balaban J connectivity index is 1.25. The summed E-state index contributed by atoms with van der Waals surface area (Å²) in [7, 11) is 0. The fraction of sp³-hybridized carbons (Fsp3) is 0. The monoisotopic (exact) mass is 589 g/mol. The Bertz CT molecular complexity index is 2210. The summed E-state index contributed by atoms with van der Waals surface area (Å²) in [5.41, 5.74) is 8.66. The molecule has 0 fully saturated rings. The van der Waals surface area contributed by atoms with Crippen LogP contribution in [0.1, 0.15) is 0 Å². The number of nitrogens with zero attached hydrogens (tertiary/aromatic N) is 5. The first-order chi connectivity index (χ1) is 22.8. The summed E-state index contributed by atoms with van der Waals surface area (Å²) < 4.78 is 0. The van der Waals surface area contributed by atoms with Gasteiger partial charge in [0.25, 0.3) is 0 Å². The van der Waals surface area contributed by atoms with Gasteiger partial charge in [0, 0.05) is 33.4 Å². The fourth-order valence-corrected chi connectivity index (χ4v) is 5.75. The summed E-state index contributed by atoms with van der Waals surface area (Å²) in [5, 5.41) is 11.3. The molecule has 0 radical (unpaired) electrons. The van der Waals surface area contributed by atoms with Crippen LogP contribution in [0.3, 0.4) is 0 Å². The minimum Gasteiger partial charge on any atom is -0.208 e. The summed E-state index contributed by atoms with van der Waals surface area (Å²) in [4.78, 5) is 15.0. The van der Waals surface area contributed by atoms with Crippen molar-refractivity contribution >= 4 is 10.8 Å². The molecule has 2 aromatic heterocycles. The first-order valence-corrected chi connectivity index (χ1v) is 15.2. The first kappa shape index (κ1) is 27.2. The number of fused-ring (bicyclic) bond motifs is 1. The highest BCUT2D eigenvalue weighted by atomic mass is 15.1. The van der Waals surface area contributed by atoms with E-state index in [4.69, 9.17) is 15.0 Å². The van der Waals surface area contributed by atoms with Crippen molar-refractivity contribution in [2.75, 3.05) is 0 Å². The lowest BCUT2D eigenvalue weighted by molar-refractivity contribution is 1.04. The number of rotatable bonds is 6. The Kier molecular flexibility index (Phi) is 7.09. The van der Waals surface area contributed by atoms with Crippen molar-refractivity contribution in [1.82, 2.24) is 25.1 Å². The average Bonchev–Trinajstić information content (AvgIpc) is 3.15. The quantitative estimate of drug-likeness (QED) is 0.193. The molecule has 8 aromatic rings. The topological polar surface area (TPSA) is 64.5 Å². The second kappa shape index (κ2) is 12.0. The second-order valence-electron chi connectivity index (χ2n) is 11.0. The molecular formula is C41H27N5. The number of aromatic nitrogens is 5. The van der Waals surface area contributed by atoms with Gasteiger partial charge in [-0.15, -0.1) is 10.2 Å². The molecule has 0 saturated heterocycles. The first-order valence-electron chi connectivity index (χ1n) is 15.2. The SMILES string of the molecule is c1ccc(-c2ccc(-c3ccc(-c4c(-c5nc(-c6ccccc6)nc(-c6ccccc6)n5)ccc5ccccc45)cc3)nn2)cc1. The van der Waals surface area contributed by atoms with E-state index in [1.54, 1.807) is 0 Å². The van der Waals surface area contributed by atoms with Crippen LogP contribution in [0.5, 0.6) is 0 Å². The molecule has 0 spiro atoms. The molecule has 0 aliphatic carbocycles. The summed E-state index contributed by atoms with van der Waals surface area (Å²) in [5.74, 6) is 1.90. The van der Waals surface area contributed by atoms with Crippen molar-refractivity contribution in [3.05, 3.63) is 164 Å². The zero-order valence-corrected chi connectivity index (χ0v) is 24.8. The summed E-state index contributed by atoms with van der Waals surface area (Å²) in [6, 6.07) is 55.5. The van der Waals surface area contributed by atoms with Crippen LogP contribution in [0.25, 0.3) is 78.6 Å². The van der Waals surface area contributed by atoms with Crippen LogP contribution in [0.4, 0.5) is 0 Å². The third-order valence-corrected chi connectivity index (χ3v) is 8.07. The van der Waals surface area contributed by atoms with E-state index in [0.717, 1.165) is 61.1 Å². The van der Waals surface area contributed by atoms with Gasteiger partial charge in [-0.25, -0.2) is 15.0 Å². The molecule has 5 nitrogen and oxygen atoms in total. The normalized spacial score (nSPS) is 11.0. The number of hydrogen-bond acceptors (Lipinski definition) is 5. The zero-order chi connectivity index (χ0) is 30.7. The average molecular weight is 590 g/mol. The van der Waals surface area contributed by atoms with E-state index in [-0.39, 0.29) is 0 Å². The van der Waals surface area contributed by atoms with Crippen molar-refractivity contribution in [2.24, 2.45) is 0 Å². The Hall–Kier alpha value is -6.33. The van der Waals surface area contributed by atoms with Crippen molar-refractivity contribution in [1.29, 1.82) is 0 Å².